The van der Waals surface area contributed by atoms with E-state index in [1.54, 1.807) is 0 Å². The second-order valence-corrected chi connectivity index (χ2v) is 7.04. The summed E-state index contributed by atoms with van der Waals surface area (Å²) in [4.78, 5) is 14.7. The van der Waals surface area contributed by atoms with Crippen molar-refractivity contribution in [3.63, 3.8) is 0 Å². The van der Waals surface area contributed by atoms with Gasteiger partial charge in [0.15, 0.2) is 0 Å². The predicted octanol–water partition coefficient (Wildman–Crippen LogP) is 3.54. The summed E-state index contributed by atoms with van der Waals surface area (Å²) >= 11 is 0. The zero-order valence-electron chi connectivity index (χ0n) is 13.5. The molecule has 2 fully saturated rings. The summed E-state index contributed by atoms with van der Waals surface area (Å²) in [6, 6.07) is 0.0747. The number of amides is 1. The Bertz CT molecular complexity index is 310. The van der Waals surface area contributed by atoms with Gasteiger partial charge in [-0.2, -0.15) is 0 Å². The number of hydrogen-bond acceptors (Lipinski definition) is 2. The summed E-state index contributed by atoms with van der Waals surface area (Å²) in [6.07, 6.45) is 10.2. The van der Waals surface area contributed by atoms with Gasteiger partial charge in [0.2, 0.25) is 5.91 Å². The lowest BCUT2D eigenvalue weighted by atomic mass is 10.0. The van der Waals surface area contributed by atoms with Crippen molar-refractivity contribution in [2.75, 3.05) is 6.54 Å². The van der Waals surface area contributed by atoms with Crippen molar-refractivity contribution < 1.29 is 4.79 Å². The lowest BCUT2D eigenvalue weighted by Gasteiger charge is -2.29. The van der Waals surface area contributed by atoms with E-state index >= 15 is 0 Å². The van der Waals surface area contributed by atoms with Crippen LogP contribution in [0, 0.1) is 11.8 Å². The average molecular weight is 280 g/mol. The molecule has 2 rings (SSSR count). The maximum atomic E-state index is 12.5. The molecule has 116 valence electrons. The number of unbranched alkanes of at least 4 members (excludes halogenated alkanes) is 1. The van der Waals surface area contributed by atoms with Gasteiger partial charge in [-0.15, -0.1) is 0 Å². The minimum atomic E-state index is 0.0747. The van der Waals surface area contributed by atoms with Crippen LogP contribution in [-0.4, -0.2) is 29.6 Å². The predicted molar refractivity (Wildman–Crippen MR) is 83.4 cm³/mol. The van der Waals surface area contributed by atoms with Crippen LogP contribution in [0.5, 0.6) is 0 Å². The molecule has 0 bridgehead atoms. The Kier molecular flexibility index (Phi) is 5.88. The summed E-state index contributed by atoms with van der Waals surface area (Å²) in [7, 11) is 0. The highest BCUT2D eigenvalue weighted by Crippen LogP contribution is 2.32. The van der Waals surface area contributed by atoms with Crippen LogP contribution in [-0.2, 0) is 4.79 Å². The highest BCUT2D eigenvalue weighted by Gasteiger charge is 2.41. The topological polar surface area (TPSA) is 32.3 Å². The standard InChI is InChI=1S/C17H32N2O/c1-4-15-17(20)19(12-8-7-9-13(2)3)16(18-15)14-10-5-6-11-14/h13-16,18H,4-12H2,1-3H3. The fraction of sp³-hybridized carbons (Fsp3) is 0.941. The summed E-state index contributed by atoms with van der Waals surface area (Å²) in [5.74, 6) is 1.82. The summed E-state index contributed by atoms with van der Waals surface area (Å²) in [5, 5.41) is 3.61. The van der Waals surface area contributed by atoms with Crippen molar-refractivity contribution in [1.82, 2.24) is 10.2 Å². The Morgan fingerprint density at radius 3 is 2.55 bits per heavy atom. The molecule has 1 amide bonds. The smallest absolute Gasteiger partial charge is 0.241 e. The van der Waals surface area contributed by atoms with E-state index in [0.29, 0.717) is 18.0 Å². The quantitative estimate of drug-likeness (QED) is 0.723. The van der Waals surface area contributed by atoms with Crippen LogP contribution in [0.25, 0.3) is 0 Å². The van der Waals surface area contributed by atoms with Crippen molar-refractivity contribution in [1.29, 1.82) is 0 Å². The van der Waals surface area contributed by atoms with Gasteiger partial charge >= 0.3 is 0 Å². The lowest BCUT2D eigenvalue weighted by Crippen LogP contribution is -2.43. The van der Waals surface area contributed by atoms with Crippen LogP contribution >= 0.6 is 0 Å². The van der Waals surface area contributed by atoms with Crippen molar-refractivity contribution in [3.05, 3.63) is 0 Å². The third-order valence-electron chi connectivity index (χ3n) is 4.97. The van der Waals surface area contributed by atoms with Crippen molar-refractivity contribution in [2.45, 2.75) is 84.3 Å². The molecular weight excluding hydrogens is 248 g/mol. The largest absolute Gasteiger partial charge is 0.326 e. The first kappa shape index (κ1) is 15.8. The van der Waals surface area contributed by atoms with Gasteiger partial charge in [0.05, 0.1) is 12.2 Å². The molecular formula is C17H32N2O. The van der Waals surface area contributed by atoms with Crippen molar-refractivity contribution in [3.8, 4) is 0 Å². The molecule has 0 aromatic carbocycles. The molecule has 1 saturated heterocycles. The number of hydrogen-bond donors (Lipinski definition) is 1. The van der Waals surface area contributed by atoms with Gasteiger partial charge in [-0.1, -0.05) is 46.5 Å². The Balaban J connectivity index is 1.89. The highest BCUT2D eigenvalue weighted by molar-refractivity contribution is 5.84. The van der Waals surface area contributed by atoms with Gasteiger partial charge < -0.3 is 4.90 Å². The highest BCUT2D eigenvalue weighted by atomic mass is 16.2. The first-order chi connectivity index (χ1) is 9.63. The van der Waals surface area contributed by atoms with Gasteiger partial charge in [-0.25, -0.2) is 0 Å². The van der Waals surface area contributed by atoms with Gasteiger partial charge in [0.1, 0.15) is 0 Å². The normalized spacial score (nSPS) is 28.0. The van der Waals surface area contributed by atoms with E-state index in [1.165, 1.54) is 38.5 Å². The number of nitrogens with zero attached hydrogens (tertiary/aromatic N) is 1. The summed E-state index contributed by atoms with van der Waals surface area (Å²) < 4.78 is 0. The summed E-state index contributed by atoms with van der Waals surface area (Å²) in [5.41, 5.74) is 0. The van der Waals surface area contributed by atoms with Crippen LogP contribution in [0.4, 0.5) is 0 Å². The Hall–Kier alpha value is -0.570. The van der Waals surface area contributed by atoms with E-state index in [-0.39, 0.29) is 6.04 Å². The van der Waals surface area contributed by atoms with Gasteiger partial charge in [0.25, 0.3) is 0 Å². The van der Waals surface area contributed by atoms with E-state index in [4.69, 9.17) is 0 Å². The molecule has 0 aromatic rings. The third kappa shape index (κ3) is 3.75. The van der Waals surface area contributed by atoms with E-state index in [0.717, 1.165) is 25.3 Å². The molecule has 0 radical (unpaired) electrons. The van der Waals surface area contributed by atoms with Gasteiger partial charge in [-0.05, 0) is 37.5 Å². The maximum absolute atomic E-state index is 12.5. The monoisotopic (exact) mass is 280 g/mol. The van der Waals surface area contributed by atoms with Crippen molar-refractivity contribution >= 4 is 5.91 Å². The van der Waals surface area contributed by atoms with Crippen molar-refractivity contribution in [2.24, 2.45) is 11.8 Å². The summed E-state index contributed by atoms with van der Waals surface area (Å²) in [6.45, 7) is 7.62. The van der Waals surface area contributed by atoms with Crippen LogP contribution in [0.3, 0.4) is 0 Å². The van der Waals surface area contributed by atoms with Gasteiger partial charge in [-0.3, -0.25) is 10.1 Å². The Morgan fingerprint density at radius 1 is 1.25 bits per heavy atom. The zero-order chi connectivity index (χ0) is 14.5. The minimum Gasteiger partial charge on any atom is -0.326 e. The van der Waals surface area contributed by atoms with Gasteiger partial charge in [0, 0.05) is 6.54 Å². The molecule has 1 aliphatic heterocycles. The first-order valence-corrected chi connectivity index (χ1v) is 8.70. The second kappa shape index (κ2) is 7.44. The first-order valence-electron chi connectivity index (χ1n) is 8.70. The number of nitrogens with one attached hydrogen (secondary N) is 1. The third-order valence-corrected chi connectivity index (χ3v) is 4.97. The molecule has 3 heteroatoms. The molecule has 1 heterocycles. The second-order valence-electron chi connectivity index (χ2n) is 7.04. The van der Waals surface area contributed by atoms with Crippen LogP contribution in [0.15, 0.2) is 0 Å². The Morgan fingerprint density at radius 2 is 1.95 bits per heavy atom. The van der Waals surface area contributed by atoms with E-state index in [1.807, 2.05) is 0 Å². The van der Waals surface area contributed by atoms with E-state index < -0.39 is 0 Å². The Labute approximate surface area is 124 Å². The molecule has 20 heavy (non-hydrogen) atoms. The SMILES string of the molecule is CCC1NC(C2CCCC2)N(CCCCC(C)C)C1=O. The molecule has 2 unspecified atom stereocenters. The van der Waals surface area contributed by atoms with Crippen LogP contribution < -0.4 is 5.32 Å². The molecule has 1 N–H and O–H groups in total. The molecule has 1 saturated carbocycles. The molecule has 0 aromatic heterocycles. The molecule has 2 aliphatic rings. The lowest BCUT2D eigenvalue weighted by molar-refractivity contribution is -0.130. The zero-order valence-corrected chi connectivity index (χ0v) is 13.5. The number of carbonyl (C=O) groups is 1. The number of rotatable bonds is 7. The fourth-order valence-corrected chi connectivity index (χ4v) is 3.74. The fourth-order valence-electron chi connectivity index (χ4n) is 3.74. The minimum absolute atomic E-state index is 0.0747. The molecule has 0 spiro atoms. The molecule has 2 atom stereocenters. The molecule has 1 aliphatic carbocycles. The van der Waals surface area contributed by atoms with Crippen LogP contribution in [0.2, 0.25) is 0 Å². The molecule has 3 nitrogen and oxygen atoms in total. The van der Waals surface area contributed by atoms with Crippen LogP contribution in [0.1, 0.15) is 72.1 Å². The maximum Gasteiger partial charge on any atom is 0.241 e. The van der Waals surface area contributed by atoms with E-state index in [2.05, 4.69) is 31.0 Å². The van der Waals surface area contributed by atoms with E-state index in [9.17, 15) is 4.79 Å². The number of carbonyl (C=O) groups excluding carboxylic acids is 1. The average Bonchev–Trinajstić information content (AvgIpc) is 3.03.